The molecule has 0 aliphatic rings. The summed E-state index contributed by atoms with van der Waals surface area (Å²) in [6, 6.07) is 0. The second-order valence-corrected chi connectivity index (χ2v) is 5.10. The van der Waals surface area contributed by atoms with Crippen LogP contribution in [-0.4, -0.2) is 30.8 Å². The van der Waals surface area contributed by atoms with E-state index in [-0.39, 0.29) is 24.0 Å². The molecule has 20 heavy (non-hydrogen) atoms. The highest BCUT2D eigenvalue weighted by molar-refractivity contribution is 14.0. The fourth-order valence-electron chi connectivity index (χ4n) is 1.95. The molecule has 0 unspecified atom stereocenters. The van der Waals surface area contributed by atoms with E-state index < -0.39 is 0 Å². The number of halogens is 1. The van der Waals surface area contributed by atoms with E-state index in [0.29, 0.717) is 12.6 Å². The zero-order valence-corrected chi connectivity index (χ0v) is 15.4. The molecule has 0 aromatic heterocycles. The second-order valence-electron chi connectivity index (χ2n) is 5.10. The molecule has 0 saturated heterocycles. The van der Waals surface area contributed by atoms with Crippen molar-refractivity contribution in [2.75, 3.05) is 19.7 Å². The summed E-state index contributed by atoms with van der Waals surface area (Å²) in [4.78, 5) is 4.32. The molecule has 0 heterocycles. The van der Waals surface area contributed by atoms with Crippen LogP contribution in [0.3, 0.4) is 0 Å². The van der Waals surface area contributed by atoms with Gasteiger partial charge in [-0.05, 0) is 19.3 Å². The summed E-state index contributed by atoms with van der Waals surface area (Å²) in [5, 5.41) is 11.8. The molecule has 0 bridgehead atoms. The molecule has 0 spiro atoms. The van der Waals surface area contributed by atoms with Gasteiger partial charge in [0.15, 0.2) is 5.96 Å². The highest BCUT2D eigenvalue weighted by atomic mass is 127. The van der Waals surface area contributed by atoms with Crippen LogP contribution in [0.2, 0.25) is 0 Å². The molecule has 0 saturated carbocycles. The summed E-state index contributed by atoms with van der Waals surface area (Å²) >= 11 is 0. The van der Waals surface area contributed by atoms with Crippen LogP contribution in [0.25, 0.3) is 0 Å². The van der Waals surface area contributed by atoms with Gasteiger partial charge in [0.2, 0.25) is 0 Å². The number of rotatable bonds is 13. The first-order valence-corrected chi connectivity index (χ1v) is 7.96. The fraction of sp³-hybridized carbons (Fsp3) is 0.933. The minimum Gasteiger partial charge on any atom is -0.396 e. The number of unbranched alkanes of at least 4 members (excludes halogenated alkanes) is 8. The maximum Gasteiger partial charge on any atom is 0.188 e. The van der Waals surface area contributed by atoms with E-state index >= 15 is 0 Å². The molecule has 122 valence electrons. The summed E-state index contributed by atoms with van der Waals surface area (Å²) in [5.41, 5.74) is 5.78. The molecule has 0 aliphatic heterocycles. The van der Waals surface area contributed by atoms with Gasteiger partial charge in [-0.25, -0.2) is 0 Å². The Kier molecular flexibility index (Phi) is 21.1. The van der Waals surface area contributed by atoms with Gasteiger partial charge in [-0.1, -0.05) is 51.9 Å². The zero-order valence-electron chi connectivity index (χ0n) is 13.1. The first-order valence-electron chi connectivity index (χ1n) is 7.96. The van der Waals surface area contributed by atoms with Crippen molar-refractivity contribution in [3.8, 4) is 0 Å². The Morgan fingerprint density at radius 2 is 1.55 bits per heavy atom. The Morgan fingerprint density at radius 3 is 2.25 bits per heavy atom. The molecule has 0 aliphatic carbocycles. The molecule has 0 radical (unpaired) electrons. The highest BCUT2D eigenvalue weighted by Crippen LogP contribution is 2.04. The number of nitrogens with two attached hydrogens (primary N) is 1. The van der Waals surface area contributed by atoms with Crippen molar-refractivity contribution >= 4 is 29.9 Å². The zero-order chi connectivity index (χ0) is 14.2. The summed E-state index contributed by atoms with van der Waals surface area (Å²) in [5.74, 6) is 0.579. The van der Waals surface area contributed by atoms with Crippen LogP contribution in [0, 0.1) is 0 Å². The van der Waals surface area contributed by atoms with Gasteiger partial charge in [0.1, 0.15) is 0 Å². The highest BCUT2D eigenvalue weighted by Gasteiger charge is 1.93. The average molecular weight is 399 g/mol. The first-order chi connectivity index (χ1) is 9.31. The van der Waals surface area contributed by atoms with Crippen LogP contribution in [0.15, 0.2) is 4.99 Å². The van der Waals surface area contributed by atoms with E-state index in [4.69, 9.17) is 10.8 Å². The third-order valence-corrected chi connectivity index (χ3v) is 3.18. The van der Waals surface area contributed by atoms with Crippen molar-refractivity contribution in [2.24, 2.45) is 10.7 Å². The number of hydrogen-bond donors (Lipinski definition) is 3. The predicted molar refractivity (Wildman–Crippen MR) is 98.8 cm³/mol. The van der Waals surface area contributed by atoms with Gasteiger partial charge in [-0.2, -0.15) is 0 Å². The normalized spacial score (nSPS) is 11.2. The monoisotopic (exact) mass is 399 g/mol. The molecule has 5 heteroatoms. The van der Waals surface area contributed by atoms with E-state index in [1.54, 1.807) is 0 Å². The maximum absolute atomic E-state index is 8.64. The number of aliphatic hydroxyl groups is 1. The molecule has 0 aromatic carbocycles. The average Bonchev–Trinajstić information content (AvgIpc) is 2.41. The van der Waals surface area contributed by atoms with E-state index in [1.165, 1.54) is 32.1 Å². The van der Waals surface area contributed by atoms with Gasteiger partial charge in [0.05, 0.1) is 0 Å². The fourth-order valence-corrected chi connectivity index (χ4v) is 1.95. The minimum absolute atomic E-state index is 0. The number of nitrogens with zero attached hydrogens (tertiary/aromatic N) is 1. The Labute approximate surface area is 142 Å². The topological polar surface area (TPSA) is 70.6 Å². The molecular weight excluding hydrogens is 365 g/mol. The third kappa shape index (κ3) is 18.0. The van der Waals surface area contributed by atoms with Gasteiger partial charge in [0.25, 0.3) is 0 Å². The van der Waals surface area contributed by atoms with Crippen molar-refractivity contribution in [1.29, 1.82) is 0 Å². The van der Waals surface area contributed by atoms with Crippen molar-refractivity contribution < 1.29 is 5.11 Å². The predicted octanol–water partition coefficient (Wildman–Crippen LogP) is 3.42. The lowest BCUT2D eigenvalue weighted by molar-refractivity contribution is 0.282. The van der Waals surface area contributed by atoms with E-state index in [9.17, 15) is 0 Å². The van der Waals surface area contributed by atoms with Crippen molar-refractivity contribution in [3.63, 3.8) is 0 Å². The largest absolute Gasteiger partial charge is 0.396 e. The quantitative estimate of drug-likeness (QED) is 0.192. The van der Waals surface area contributed by atoms with Crippen LogP contribution in [0.5, 0.6) is 0 Å². The van der Waals surface area contributed by atoms with Gasteiger partial charge >= 0.3 is 0 Å². The molecule has 0 atom stereocenters. The smallest absolute Gasteiger partial charge is 0.188 e. The van der Waals surface area contributed by atoms with Crippen LogP contribution in [0.1, 0.15) is 71.1 Å². The lowest BCUT2D eigenvalue weighted by Gasteiger charge is -2.05. The second kappa shape index (κ2) is 19.0. The molecular formula is C15H34IN3O. The molecule has 4 nitrogen and oxygen atoms in total. The number of hydrogen-bond acceptors (Lipinski definition) is 2. The summed E-state index contributed by atoms with van der Waals surface area (Å²) in [6.07, 6.45) is 11.9. The van der Waals surface area contributed by atoms with Crippen molar-refractivity contribution in [3.05, 3.63) is 0 Å². The van der Waals surface area contributed by atoms with Gasteiger partial charge in [-0.15, -0.1) is 24.0 Å². The Balaban J connectivity index is 0. The van der Waals surface area contributed by atoms with Gasteiger partial charge in [0, 0.05) is 19.7 Å². The van der Waals surface area contributed by atoms with Gasteiger partial charge in [-0.3, -0.25) is 4.99 Å². The molecule has 0 fully saturated rings. The SMILES string of the molecule is CCCCCCCCN=C(N)NCCCCCCO.I. The van der Waals surface area contributed by atoms with Crippen LogP contribution < -0.4 is 11.1 Å². The van der Waals surface area contributed by atoms with Crippen molar-refractivity contribution in [2.45, 2.75) is 71.1 Å². The first kappa shape index (κ1) is 22.2. The maximum atomic E-state index is 8.64. The molecule has 4 N–H and O–H groups in total. The lowest BCUT2D eigenvalue weighted by atomic mass is 10.1. The van der Waals surface area contributed by atoms with Crippen LogP contribution >= 0.6 is 24.0 Å². The van der Waals surface area contributed by atoms with E-state index in [2.05, 4.69) is 17.2 Å². The molecule has 0 amide bonds. The number of aliphatic hydroxyl groups excluding tert-OH is 1. The Bertz CT molecular complexity index is 213. The number of aliphatic imine (C=N–C) groups is 1. The Hall–Kier alpha value is -0.0400. The van der Waals surface area contributed by atoms with E-state index in [0.717, 1.165) is 45.2 Å². The van der Waals surface area contributed by atoms with Crippen LogP contribution in [0.4, 0.5) is 0 Å². The Morgan fingerprint density at radius 1 is 0.950 bits per heavy atom. The summed E-state index contributed by atoms with van der Waals surface area (Å²) < 4.78 is 0. The molecule has 0 rings (SSSR count). The third-order valence-electron chi connectivity index (χ3n) is 3.18. The minimum atomic E-state index is 0. The van der Waals surface area contributed by atoms with Crippen molar-refractivity contribution in [1.82, 2.24) is 5.32 Å². The summed E-state index contributed by atoms with van der Waals surface area (Å²) in [6.45, 7) is 4.27. The van der Waals surface area contributed by atoms with Crippen LogP contribution in [-0.2, 0) is 0 Å². The van der Waals surface area contributed by atoms with Gasteiger partial charge < -0.3 is 16.2 Å². The summed E-state index contributed by atoms with van der Waals surface area (Å²) in [7, 11) is 0. The van der Waals surface area contributed by atoms with E-state index in [1.807, 2.05) is 0 Å². The number of guanidine groups is 1. The molecule has 0 aromatic rings. The number of nitrogens with one attached hydrogen (secondary N) is 1. The lowest BCUT2D eigenvalue weighted by Crippen LogP contribution is -2.32. The standard InChI is InChI=1S/C15H33N3O.HI/c1-2-3-4-5-6-9-12-17-15(16)18-13-10-7-8-11-14-19;/h19H,2-14H2,1H3,(H3,16,17,18);1H.